The molecule has 10 nitrogen and oxygen atoms in total. The summed E-state index contributed by atoms with van der Waals surface area (Å²) in [6.07, 6.45) is 8.34. The van der Waals surface area contributed by atoms with Gasteiger partial charge in [0.1, 0.15) is 6.33 Å². The number of anilines is 1. The van der Waals surface area contributed by atoms with Gasteiger partial charge in [0.05, 0.1) is 11.7 Å². The second kappa shape index (κ2) is 6.48. The van der Waals surface area contributed by atoms with Crippen molar-refractivity contribution in [2.24, 2.45) is 0 Å². The van der Waals surface area contributed by atoms with Crippen LogP contribution in [-0.4, -0.2) is 42.9 Å². The lowest BCUT2D eigenvalue weighted by Gasteiger charge is -2.14. The lowest BCUT2D eigenvalue weighted by Crippen LogP contribution is -2.22. The van der Waals surface area contributed by atoms with Crippen LogP contribution < -0.4 is 4.72 Å². The van der Waals surface area contributed by atoms with E-state index in [0.29, 0.717) is 5.69 Å². The van der Waals surface area contributed by atoms with Crippen molar-refractivity contribution in [1.29, 1.82) is 0 Å². The first-order chi connectivity index (χ1) is 12.5. The minimum Gasteiger partial charge on any atom is -0.249 e. The van der Waals surface area contributed by atoms with Gasteiger partial charge in [0, 0.05) is 18.5 Å². The second-order valence-electron chi connectivity index (χ2n) is 6.16. The van der Waals surface area contributed by atoms with Crippen molar-refractivity contribution in [2.75, 3.05) is 4.72 Å². The van der Waals surface area contributed by atoms with Gasteiger partial charge in [-0.05, 0) is 25.8 Å². The molecule has 0 atom stereocenters. The highest BCUT2D eigenvalue weighted by atomic mass is 32.2. The fourth-order valence-electron chi connectivity index (χ4n) is 3.13. The van der Waals surface area contributed by atoms with Crippen molar-refractivity contribution in [1.82, 2.24) is 34.5 Å². The maximum absolute atomic E-state index is 13.0. The Labute approximate surface area is 150 Å². The Kier molecular flexibility index (Phi) is 4.15. The lowest BCUT2D eigenvalue weighted by atomic mass is 10.3. The van der Waals surface area contributed by atoms with E-state index in [4.69, 9.17) is 0 Å². The first kappa shape index (κ1) is 16.6. The molecule has 0 radical (unpaired) electrons. The third kappa shape index (κ3) is 3.05. The summed E-state index contributed by atoms with van der Waals surface area (Å²) in [6.45, 7) is 1.78. The summed E-state index contributed by atoms with van der Waals surface area (Å²) >= 11 is 0. The van der Waals surface area contributed by atoms with E-state index in [1.165, 1.54) is 11.0 Å². The van der Waals surface area contributed by atoms with Crippen LogP contribution in [-0.2, 0) is 10.0 Å². The lowest BCUT2D eigenvalue weighted by molar-refractivity contribution is 0.426. The minimum absolute atomic E-state index is 0.0213. The van der Waals surface area contributed by atoms with Crippen LogP contribution >= 0.6 is 0 Å². The molecule has 26 heavy (non-hydrogen) atoms. The Morgan fingerprint density at radius 2 is 1.88 bits per heavy atom. The number of aromatic nitrogens is 7. The molecule has 3 aromatic heterocycles. The van der Waals surface area contributed by atoms with Gasteiger partial charge in [0.15, 0.2) is 5.03 Å². The molecule has 0 aliphatic heterocycles. The summed E-state index contributed by atoms with van der Waals surface area (Å²) in [4.78, 5) is 12.1. The first-order valence-corrected chi connectivity index (χ1v) is 9.79. The summed E-state index contributed by atoms with van der Waals surface area (Å²) in [7, 11) is -3.89. The Balaban J connectivity index is 1.69. The second-order valence-corrected chi connectivity index (χ2v) is 7.79. The number of nitrogens with zero attached hydrogens (tertiary/aromatic N) is 7. The van der Waals surface area contributed by atoms with Gasteiger partial charge in [0.25, 0.3) is 16.0 Å². The molecule has 11 heteroatoms. The number of hydrogen-bond acceptors (Lipinski definition) is 7. The molecule has 0 amide bonds. The maximum Gasteiger partial charge on any atom is 0.281 e. The molecule has 0 spiro atoms. The van der Waals surface area contributed by atoms with Crippen LogP contribution in [0.5, 0.6) is 0 Å². The maximum atomic E-state index is 13.0. The first-order valence-electron chi connectivity index (χ1n) is 8.31. The molecular weight excluding hydrogens is 356 g/mol. The zero-order valence-corrected chi connectivity index (χ0v) is 15.0. The third-order valence-electron chi connectivity index (χ3n) is 4.28. The Morgan fingerprint density at radius 3 is 2.62 bits per heavy atom. The summed E-state index contributed by atoms with van der Waals surface area (Å²) < 4.78 is 31.3. The van der Waals surface area contributed by atoms with Gasteiger partial charge in [-0.15, -0.1) is 0 Å². The van der Waals surface area contributed by atoms with E-state index in [1.807, 2.05) is 0 Å². The largest absolute Gasteiger partial charge is 0.281 e. The molecule has 0 bridgehead atoms. The van der Waals surface area contributed by atoms with E-state index in [0.717, 1.165) is 25.7 Å². The van der Waals surface area contributed by atoms with Gasteiger partial charge in [-0.3, -0.25) is 0 Å². The van der Waals surface area contributed by atoms with Crippen molar-refractivity contribution in [3.05, 3.63) is 36.5 Å². The molecule has 1 aliphatic rings. The molecule has 1 fully saturated rings. The molecule has 0 aromatic carbocycles. The van der Waals surface area contributed by atoms with E-state index >= 15 is 0 Å². The molecular formula is C15H18N8O2S. The predicted octanol–water partition coefficient (Wildman–Crippen LogP) is 1.48. The number of rotatable bonds is 5. The molecule has 4 rings (SSSR count). The van der Waals surface area contributed by atoms with Crippen LogP contribution in [0.25, 0.3) is 5.95 Å². The zero-order chi connectivity index (χ0) is 18.1. The smallest absolute Gasteiger partial charge is 0.249 e. The molecule has 136 valence electrons. The summed E-state index contributed by atoms with van der Waals surface area (Å²) in [6, 6.07) is 3.33. The van der Waals surface area contributed by atoms with Gasteiger partial charge < -0.3 is 0 Å². The Hall–Kier alpha value is -2.82. The highest BCUT2D eigenvalue weighted by molar-refractivity contribution is 7.92. The van der Waals surface area contributed by atoms with Crippen molar-refractivity contribution in [3.63, 3.8) is 0 Å². The van der Waals surface area contributed by atoms with E-state index < -0.39 is 10.0 Å². The summed E-state index contributed by atoms with van der Waals surface area (Å²) in [5, 5.41) is 8.53. The predicted molar refractivity (Wildman–Crippen MR) is 92.2 cm³/mol. The van der Waals surface area contributed by atoms with Gasteiger partial charge in [-0.2, -0.15) is 28.3 Å². The van der Waals surface area contributed by atoms with E-state index in [9.17, 15) is 8.42 Å². The minimum atomic E-state index is -3.89. The molecule has 3 heterocycles. The van der Waals surface area contributed by atoms with Crippen LogP contribution in [0, 0.1) is 6.92 Å². The molecule has 1 saturated carbocycles. The molecule has 1 aliphatic carbocycles. The molecule has 0 saturated heterocycles. The summed E-state index contributed by atoms with van der Waals surface area (Å²) in [5.41, 5.74) is 0.658. The summed E-state index contributed by atoms with van der Waals surface area (Å²) in [5.74, 6) is 0.246. The van der Waals surface area contributed by atoms with E-state index in [1.54, 1.807) is 36.1 Å². The van der Waals surface area contributed by atoms with Crippen LogP contribution in [0.1, 0.15) is 37.4 Å². The Morgan fingerprint density at radius 1 is 1.15 bits per heavy atom. The van der Waals surface area contributed by atoms with Crippen LogP contribution in [0.15, 0.2) is 35.9 Å². The van der Waals surface area contributed by atoms with Crippen molar-refractivity contribution in [3.8, 4) is 5.95 Å². The SMILES string of the molecule is Cc1cc(S(=O)(=O)Nc2ncnn2-c2ncccn2)n(C2CCCC2)n1. The average molecular weight is 374 g/mol. The quantitative estimate of drug-likeness (QED) is 0.718. The average Bonchev–Trinajstić information content (AvgIpc) is 3.35. The van der Waals surface area contributed by atoms with Gasteiger partial charge in [0.2, 0.25) is 5.95 Å². The van der Waals surface area contributed by atoms with Crippen molar-refractivity contribution < 1.29 is 8.42 Å². The van der Waals surface area contributed by atoms with Crippen LogP contribution in [0.3, 0.4) is 0 Å². The molecule has 3 aromatic rings. The fraction of sp³-hybridized carbons (Fsp3) is 0.400. The van der Waals surface area contributed by atoms with E-state index in [2.05, 4.69) is 29.9 Å². The van der Waals surface area contributed by atoms with E-state index in [-0.39, 0.29) is 23.0 Å². The van der Waals surface area contributed by atoms with Crippen LogP contribution in [0.2, 0.25) is 0 Å². The molecule has 0 unspecified atom stereocenters. The highest BCUT2D eigenvalue weighted by Gasteiger charge is 2.28. The van der Waals surface area contributed by atoms with Gasteiger partial charge in [-0.1, -0.05) is 12.8 Å². The third-order valence-corrected chi connectivity index (χ3v) is 5.59. The van der Waals surface area contributed by atoms with Gasteiger partial charge in [-0.25, -0.2) is 19.4 Å². The molecule has 1 N–H and O–H groups in total. The Bertz CT molecular complexity index is 1010. The zero-order valence-electron chi connectivity index (χ0n) is 14.1. The number of nitrogens with one attached hydrogen (secondary N) is 1. The van der Waals surface area contributed by atoms with Crippen LogP contribution in [0.4, 0.5) is 5.95 Å². The topological polar surface area (TPSA) is 120 Å². The van der Waals surface area contributed by atoms with Crippen molar-refractivity contribution >= 4 is 16.0 Å². The van der Waals surface area contributed by atoms with Crippen molar-refractivity contribution in [2.45, 2.75) is 43.7 Å². The fourth-order valence-corrected chi connectivity index (χ4v) is 4.38. The number of hydrogen-bond donors (Lipinski definition) is 1. The standard InChI is InChI=1S/C15H18N8O2S/c1-11-9-13(22(20-11)12-5-2-3-6-12)26(24,25)21-15-18-10-19-23(15)14-16-7-4-8-17-14/h4,7-10,12H,2-3,5-6H2,1H3,(H,18,19,21). The number of sulfonamides is 1. The van der Waals surface area contributed by atoms with Gasteiger partial charge >= 0.3 is 0 Å². The number of aryl methyl sites for hydroxylation is 1. The highest BCUT2D eigenvalue weighted by Crippen LogP contribution is 2.32. The normalized spacial score (nSPS) is 15.4. The monoisotopic (exact) mass is 374 g/mol.